The second kappa shape index (κ2) is 7.22. The van der Waals surface area contributed by atoms with Gasteiger partial charge in [-0.15, -0.1) is 0 Å². The molecule has 2 unspecified atom stereocenters. The van der Waals surface area contributed by atoms with Gasteiger partial charge in [-0.2, -0.15) is 0 Å². The zero-order valence-corrected chi connectivity index (χ0v) is 10.2. The summed E-state index contributed by atoms with van der Waals surface area (Å²) < 4.78 is 0. The number of hydrogen-bond acceptors (Lipinski definition) is 3. The molecule has 0 spiro atoms. The fraction of sp³-hybridized carbons (Fsp3) is 0.818. The van der Waals surface area contributed by atoms with Crippen molar-refractivity contribution in [2.75, 3.05) is 6.54 Å². The number of carbonyl (C=O) groups is 2. The third-order valence-electron chi connectivity index (χ3n) is 2.53. The summed E-state index contributed by atoms with van der Waals surface area (Å²) in [5.41, 5.74) is 5.64. The van der Waals surface area contributed by atoms with Gasteiger partial charge in [-0.05, 0) is 12.3 Å². The van der Waals surface area contributed by atoms with Gasteiger partial charge in [0.05, 0.1) is 12.0 Å². The van der Waals surface area contributed by atoms with Gasteiger partial charge in [0.15, 0.2) is 0 Å². The fourth-order valence-electron chi connectivity index (χ4n) is 1.31. The van der Waals surface area contributed by atoms with E-state index in [0.717, 1.165) is 6.42 Å². The summed E-state index contributed by atoms with van der Waals surface area (Å²) in [6.07, 6.45) is 1.34. The van der Waals surface area contributed by atoms with Crippen LogP contribution >= 0.6 is 0 Å². The van der Waals surface area contributed by atoms with Crippen LogP contribution in [0.25, 0.3) is 0 Å². The fourth-order valence-corrected chi connectivity index (χ4v) is 1.31. The molecule has 0 saturated heterocycles. The molecule has 0 aromatic heterocycles. The van der Waals surface area contributed by atoms with E-state index in [-0.39, 0.29) is 18.4 Å². The Morgan fingerprint density at radius 1 is 1.38 bits per heavy atom. The molecule has 4 N–H and O–H groups in total. The third-order valence-corrected chi connectivity index (χ3v) is 2.53. The SMILES string of the molecule is CCCC(CNC(=O)C(N)C(C)C)C(=O)O. The Kier molecular flexibility index (Phi) is 6.72. The van der Waals surface area contributed by atoms with E-state index in [4.69, 9.17) is 10.8 Å². The molecule has 16 heavy (non-hydrogen) atoms. The van der Waals surface area contributed by atoms with E-state index in [1.165, 1.54) is 0 Å². The molecule has 0 aromatic rings. The molecule has 0 saturated carbocycles. The first kappa shape index (κ1) is 14.9. The van der Waals surface area contributed by atoms with Crippen molar-refractivity contribution in [2.24, 2.45) is 17.6 Å². The van der Waals surface area contributed by atoms with E-state index in [2.05, 4.69) is 5.32 Å². The lowest BCUT2D eigenvalue weighted by Gasteiger charge is -2.17. The lowest BCUT2D eigenvalue weighted by atomic mass is 10.0. The van der Waals surface area contributed by atoms with Gasteiger partial charge in [0.2, 0.25) is 5.91 Å². The summed E-state index contributed by atoms with van der Waals surface area (Å²) in [7, 11) is 0. The van der Waals surface area contributed by atoms with Crippen molar-refractivity contribution < 1.29 is 14.7 Å². The molecule has 0 heterocycles. The van der Waals surface area contributed by atoms with Crippen molar-refractivity contribution in [2.45, 2.75) is 39.7 Å². The number of nitrogens with two attached hydrogens (primary N) is 1. The van der Waals surface area contributed by atoms with Crippen LogP contribution in [-0.4, -0.2) is 29.6 Å². The predicted octanol–water partition coefficient (Wildman–Crippen LogP) is 0.587. The Hall–Kier alpha value is -1.10. The van der Waals surface area contributed by atoms with Crippen molar-refractivity contribution in [3.8, 4) is 0 Å². The lowest BCUT2D eigenvalue weighted by Crippen LogP contribution is -2.46. The lowest BCUT2D eigenvalue weighted by molar-refractivity contribution is -0.142. The summed E-state index contributed by atoms with van der Waals surface area (Å²) in [5, 5.41) is 11.5. The molecular weight excluding hydrogens is 208 g/mol. The number of hydrogen-bond donors (Lipinski definition) is 3. The molecule has 0 aromatic carbocycles. The minimum absolute atomic E-state index is 0.0504. The predicted molar refractivity (Wildman–Crippen MR) is 61.9 cm³/mol. The Labute approximate surface area is 96.4 Å². The van der Waals surface area contributed by atoms with E-state index < -0.39 is 17.9 Å². The van der Waals surface area contributed by atoms with Crippen LogP contribution in [0.5, 0.6) is 0 Å². The molecule has 0 aliphatic heterocycles. The molecule has 0 aliphatic carbocycles. The van der Waals surface area contributed by atoms with Crippen LogP contribution in [-0.2, 0) is 9.59 Å². The zero-order valence-electron chi connectivity index (χ0n) is 10.2. The average Bonchev–Trinajstić information content (AvgIpc) is 2.21. The molecule has 0 bridgehead atoms. The smallest absolute Gasteiger partial charge is 0.308 e. The van der Waals surface area contributed by atoms with Crippen molar-refractivity contribution in [1.82, 2.24) is 5.32 Å². The molecule has 0 fully saturated rings. The van der Waals surface area contributed by atoms with Crippen LogP contribution in [0.2, 0.25) is 0 Å². The Balaban J connectivity index is 4.10. The molecule has 0 radical (unpaired) electrons. The first-order valence-corrected chi connectivity index (χ1v) is 5.66. The van der Waals surface area contributed by atoms with Gasteiger partial charge in [-0.1, -0.05) is 27.2 Å². The van der Waals surface area contributed by atoms with Crippen LogP contribution in [0, 0.1) is 11.8 Å². The number of carboxylic acids is 1. The second-order valence-corrected chi connectivity index (χ2v) is 4.34. The molecule has 5 heteroatoms. The summed E-state index contributed by atoms with van der Waals surface area (Å²) in [4.78, 5) is 22.3. The number of rotatable bonds is 7. The van der Waals surface area contributed by atoms with E-state index in [0.29, 0.717) is 6.42 Å². The van der Waals surface area contributed by atoms with Gasteiger partial charge < -0.3 is 16.2 Å². The minimum Gasteiger partial charge on any atom is -0.481 e. The number of nitrogens with one attached hydrogen (secondary N) is 1. The van der Waals surface area contributed by atoms with Gasteiger partial charge in [-0.25, -0.2) is 0 Å². The molecule has 0 rings (SSSR count). The highest BCUT2D eigenvalue weighted by molar-refractivity contribution is 5.82. The van der Waals surface area contributed by atoms with Gasteiger partial charge >= 0.3 is 5.97 Å². The normalized spacial score (nSPS) is 14.6. The maximum atomic E-state index is 11.5. The Morgan fingerprint density at radius 2 is 1.94 bits per heavy atom. The van der Waals surface area contributed by atoms with Crippen molar-refractivity contribution in [3.63, 3.8) is 0 Å². The number of carbonyl (C=O) groups excluding carboxylic acids is 1. The molecule has 5 nitrogen and oxygen atoms in total. The van der Waals surface area contributed by atoms with Crippen LogP contribution in [0.4, 0.5) is 0 Å². The van der Waals surface area contributed by atoms with Crippen molar-refractivity contribution in [1.29, 1.82) is 0 Å². The molecule has 94 valence electrons. The second-order valence-electron chi connectivity index (χ2n) is 4.34. The van der Waals surface area contributed by atoms with Crippen LogP contribution < -0.4 is 11.1 Å². The topological polar surface area (TPSA) is 92.4 Å². The van der Waals surface area contributed by atoms with E-state index in [1.807, 2.05) is 20.8 Å². The van der Waals surface area contributed by atoms with Gasteiger partial charge in [0.1, 0.15) is 0 Å². The third kappa shape index (κ3) is 5.11. The van der Waals surface area contributed by atoms with E-state index >= 15 is 0 Å². The molecule has 1 amide bonds. The summed E-state index contributed by atoms with van der Waals surface area (Å²) in [6, 6.07) is -0.573. The maximum absolute atomic E-state index is 11.5. The monoisotopic (exact) mass is 230 g/mol. The highest BCUT2D eigenvalue weighted by atomic mass is 16.4. The molecular formula is C11H22N2O3. The van der Waals surface area contributed by atoms with Crippen molar-refractivity contribution in [3.05, 3.63) is 0 Å². The average molecular weight is 230 g/mol. The standard InChI is InChI=1S/C11H22N2O3/c1-4-5-8(11(15)16)6-13-10(14)9(12)7(2)3/h7-9H,4-6,12H2,1-3H3,(H,13,14)(H,15,16). The van der Waals surface area contributed by atoms with Crippen LogP contribution in [0.15, 0.2) is 0 Å². The van der Waals surface area contributed by atoms with E-state index in [9.17, 15) is 9.59 Å². The first-order valence-electron chi connectivity index (χ1n) is 5.66. The largest absolute Gasteiger partial charge is 0.481 e. The molecule has 0 aliphatic rings. The Morgan fingerprint density at radius 3 is 2.31 bits per heavy atom. The molecule has 2 atom stereocenters. The minimum atomic E-state index is -0.875. The summed E-state index contributed by atoms with van der Waals surface area (Å²) in [6.45, 7) is 5.77. The highest BCUT2D eigenvalue weighted by Gasteiger charge is 2.21. The first-order chi connectivity index (χ1) is 7.40. The van der Waals surface area contributed by atoms with Crippen LogP contribution in [0.3, 0.4) is 0 Å². The highest BCUT2D eigenvalue weighted by Crippen LogP contribution is 2.05. The van der Waals surface area contributed by atoms with Crippen molar-refractivity contribution >= 4 is 11.9 Å². The number of aliphatic carboxylic acids is 1. The van der Waals surface area contributed by atoms with Gasteiger partial charge in [-0.3, -0.25) is 9.59 Å². The van der Waals surface area contributed by atoms with Gasteiger partial charge in [0.25, 0.3) is 0 Å². The van der Waals surface area contributed by atoms with E-state index in [1.54, 1.807) is 0 Å². The maximum Gasteiger partial charge on any atom is 0.308 e. The van der Waals surface area contributed by atoms with Crippen LogP contribution in [0.1, 0.15) is 33.6 Å². The number of carboxylic acid groups (broad SMARTS) is 1. The zero-order chi connectivity index (χ0) is 12.7. The van der Waals surface area contributed by atoms with Gasteiger partial charge in [0, 0.05) is 6.54 Å². The quantitative estimate of drug-likeness (QED) is 0.596. The Bertz CT molecular complexity index is 241. The summed E-state index contributed by atoms with van der Waals surface area (Å²) in [5.74, 6) is -1.62. The number of amides is 1. The summed E-state index contributed by atoms with van der Waals surface area (Å²) >= 11 is 0.